The van der Waals surface area contributed by atoms with Gasteiger partial charge in [-0.3, -0.25) is 0 Å². The van der Waals surface area contributed by atoms with Crippen molar-refractivity contribution in [1.29, 1.82) is 0 Å². The zero-order valence-electron chi connectivity index (χ0n) is 11.3. The first-order valence-corrected chi connectivity index (χ1v) is 6.82. The number of aliphatic hydroxyl groups excluding tert-OH is 1. The fourth-order valence-corrected chi connectivity index (χ4v) is 1.85. The molecular weight excluding hydrogens is 228 g/mol. The number of aliphatic hydroxyl groups is 1. The summed E-state index contributed by atoms with van der Waals surface area (Å²) in [5, 5.41) is 9.77. The number of hydrogen-bond donors (Lipinski definition) is 1. The van der Waals surface area contributed by atoms with Crippen LogP contribution in [0, 0.1) is 0 Å². The standard InChI is InChI=1S/C13H18O3.C2H6/c14-13(11-6-2-1-3-7-11)16-10-12-8-4-5-9-15-12;1-2/h1-3,6-7,12-14H,4-5,8-10H2;1-2H3/t12-,13?;/m0./s1. The van der Waals surface area contributed by atoms with E-state index in [-0.39, 0.29) is 6.10 Å². The topological polar surface area (TPSA) is 38.7 Å². The van der Waals surface area contributed by atoms with Crippen LogP contribution in [0.1, 0.15) is 45.0 Å². The number of rotatable bonds is 4. The fourth-order valence-electron chi connectivity index (χ4n) is 1.85. The third-order valence-electron chi connectivity index (χ3n) is 2.80. The number of hydrogen-bond acceptors (Lipinski definition) is 3. The Labute approximate surface area is 110 Å². The first-order chi connectivity index (χ1) is 8.86. The van der Waals surface area contributed by atoms with Crippen LogP contribution in [0.15, 0.2) is 30.3 Å². The van der Waals surface area contributed by atoms with Crippen LogP contribution in [0.25, 0.3) is 0 Å². The predicted octanol–water partition coefficient (Wildman–Crippen LogP) is 3.29. The zero-order valence-corrected chi connectivity index (χ0v) is 11.3. The Bertz CT molecular complexity index is 294. The molecule has 1 fully saturated rings. The molecule has 102 valence electrons. The highest BCUT2D eigenvalue weighted by Crippen LogP contribution is 2.17. The largest absolute Gasteiger partial charge is 0.376 e. The zero-order chi connectivity index (χ0) is 13.2. The Morgan fingerprint density at radius 3 is 2.61 bits per heavy atom. The van der Waals surface area contributed by atoms with E-state index in [0.717, 1.165) is 25.0 Å². The molecule has 1 aliphatic rings. The fraction of sp³-hybridized carbons (Fsp3) is 0.600. The van der Waals surface area contributed by atoms with Crippen LogP contribution >= 0.6 is 0 Å². The lowest BCUT2D eigenvalue weighted by molar-refractivity contribution is -0.140. The van der Waals surface area contributed by atoms with Crippen LogP contribution in [0.2, 0.25) is 0 Å². The van der Waals surface area contributed by atoms with E-state index in [9.17, 15) is 5.11 Å². The van der Waals surface area contributed by atoms with E-state index in [0.29, 0.717) is 6.61 Å². The molecule has 0 aromatic heterocycles. The van der Waals surface area contributed by atoms with Gasteiger partial charge in [0.25, 0.3) is 0 Å². The second-order valence-corrected chi connectivity index (χ2v) is 4.08. The third-order valence-corrected chi connectivity index (χ3v) is 2.80. The van der Waals surface area contributed by atoms with Crippen molar-refractivity contribution in [2.24, 2.45) is 0 Å². The molecule has 1 aliphatic heterocycles. The van der Waals surface area contributed by atoms with Crippen molar-refractivity contribution in [1.82, 2.24) is 0 Å². The van der Waals surface area contributed by atoms with Gasteiger partial charge in [0.15, 0.2) is 6.29 Å². The maximum absolute atomic E-state index is 9.77. The van der Waals surface area contributed by atoms with E-state index in [2.05, 4.69) is 0 Å². The second-order valence-electron chi connectivity index (χ2n) is 4.08. The molecule has 0 radical (unpaired) electrons. The van der Waals surface area contributed by atoms with Crippen molar-refractivity contribution in [2.45, 2.75) is 45.5 Å². The molecule has 1 N–H and O–H groups in total. The summed E-state index contributed by atoms with van der Waals surface area (Å²) < 4.78 is 10.9. The van der Waals surface area contributed by atoms with Gasteiger partial charge in [-0.2, -0.15) is 0 Å². The highest BCUT2D eigenvalue weighted by molar-refractivity contribution is 5.15. The van der Waals surface area contributed by atoms with E-state index < -0.39 is 6.29 Å². The average Bonchev–Trinajstić information content (AvgIpc) is 2.49. The molecule has 0 saturated carbocycles. The minimum atomic E-state index is -0.841. The maximum atomic E-state index is 9.77. The van der Waals surface area contributed by atoms with Crippen LogP contribution in [0.3, 0.4) is 0 Å². The van der Waals surface area contributed by atoms with Crippen LogP contribution in [0.4, 0.5) is 0 Å². The molecule has 1 aromatic rings. The van der Waals surface area contributed by atoms with E-state index in [1.54, 1.807) is 0 Å². The first kappa shape index (κ1) is 15.2. The summed E-state index contributed by atoms with van der Waals surface area (Å²) in [4.78, 5) is 0. The summed E-state index contributed by atoms with van der Waals surface area (Å²) in [5.41, 5.74) is 0.790. The van der Waals surface area contributed by atoms with Gasteiger partial charge in [0.1, 0.15) is 0 Å². The Morgan fingerprint density at radius 1 is 1.28 bits per heavy atom. The summed E-state index contributed by atoms with van der Waals surface area (Å²) in [7, 11) is 0. The minimum Gasteiger partial charge on any atom is -0.376 e. The highest BCUT2D eigenvalue weighted by Gasteiger charge is 2.16. The van der Waals surface area contributed by atoms with Crippen LogP contribution < -0.4 is 0 Å². The summed E-state index contributed by atoms with van der Waals surface area (Å²) in [6.07, 6.45) is 2.66. The van der Waals surface area contributed by atoms with Crippen molar-refractivity contribution in [3.63, 3.8) is 0 Å². The molecule has 0 aliphatic carbocycles. The summed E-state index contributed by atoms with van der Waals surface area (Å²) >= 11 is 0. The summed E-state index contributed by atoms with van der Waals surface area (Å²) in [5.74, 6) is 0. The molecule has 1 heterocycles. The summed E-state index contributed by atoms with van der Waals surface area (Å²) in [6, 6.07) is 9.40. The molecule has 0 spiro atoms. The van der Waals surface area contributed by atoms with Gasteiger partial charge in [0, 0.05) is 12.2 Å². The van der Waals surface area contributed by atoms with Gasteiger partial charge in [-0.15, -0.1) is 0 Å². The van der Waals surface area contributed by atoms with E-state index >= 15 is 0 Å². The molecule has 2 rings (SSSR count). The Hall–Kier alpha value is -0.900. The van der Waals surface area contributed by atoms with Gasteiger partial charge in [-0.1, -0.05) is 44.2 Å². The molecule has 1 unspecified atom stereocenters. The van der Waals surface area contributed by atoms with Crippen molar-refractivity contribution >= 4 is 0 Å². The smallest absolute Gasteiger partial charge is 0.181 e. The van der Waals surface area contributed by atoms with Gasteiger partial charge in [-0.05, 0) is 19.3 Å². The Kier molecular flexibility index (Phi) is 7.65. The van der Waals surface area contributed by atoms with Crippen LogP contribution in [-0.4, -0.2) is 24.4 Å². The average molecular weight is 252 g/mol. The Balaban J connectivity index is 0.000000771. The highest BCUT2D eigenvalue weighted by atomic mass is 16.6. The van der Waals surface area contributed by atoms with Crippen molar-refractivity contribution in [2.75, 3.05) is 13.2 Å². The molecule has 0 bridgehead atoms. The molecule has 1 saturated heterocycles. The predicted molar refractivity (Wildman–Crippen MR) is 72.3 cm³/mol. The summed E-state index contributed by atoms with van der Waals surface area (Å²) in [6.45, 7) is 5.28. The number of ether oxygens (including phenoxy) is 2. The quantitative estimate of drug-likeness (QED) is 0.836. The van der Waals surface area contributed by atoms with Gasteiger partial charge in [0.05, 0.1) is 12.7 Å². The molecule has 3 heteroatoms. The van der Waals surface area contributed by atoms with Gasteiger partial charge in [-0.25, -0.2) is 0 Å². The monoisotopic (exact) mass is 252 g/mol. The van der Waals surface area contributed by atoms with Gasteiger partial charge >= 0.3 is 0 Å². The Morgan fingerprint density at radius 2 is 2.00 bits per heavy atom. The molecular formula is C15H24O3. The van der Waals surface area contributed by atoms with Crippen molar-refractivity contribution in [3.05, 3.63) is 35.9 Å². The second kappa shape index (κ2) is 9.09. The normalized spacial score (nSPS) is 20.7. The maximum Gasteiger partial charge on any atom is 0.181 e. The van der Waals surface area contributed by atoms with Crippen molar-refractivity contribution in [3.8, 4) is 0 Å². The van der Waals surface area contributed by atoms with E-state index in [1.807, 2.05) is 44.2 Å². The third kappa shape index (κ3) is 5.17. The molecule has 3 nitrogen and oxygen atoms in total. The molecule has 1 aromatic carbocycles. The molecule has 18 heavy (non-hydrogen) atoms. The lowest BCUT2D eigenvalue weighted by atomic mass is 10.1. The number of benzene rings is 1. The lowest BCUT2D eigenvalue weighted by Crippen LogP contribution is -2.25. The van der Waals surface area contributed by atoms with Crippen molar-refractivity contribution < 1.29 is 14.6 Å². The van der Waals surface area contributed by atoms with Gasteiger partial charge < -0.3 is 14.6 Å². The van der Waals surface area contributed by atoms with E-state index in [4.69, 9.17) is 9.47 Å². The SMILES string of the molecule is CC.OC(OC[C@@H]1CCCCO1)c1ccccc1. The minimum absolute atomic E-state index is 0.145. The van der Waals surface area contributed by atoms with Crippen LogP contribution in [-0.2, 0) is 9.47 Å². The lowest BCUT2D eigenvalue weighted by Gasteiger charge is -2.23. The first-order valence-electron chi connectivity index (χ1n) is 6.82. The molecule has 2 atom stereocenters. The van der Waals surface area contributed by atoms with Gasteiger partial charge in [0.2, 0.25) is 0 Å². The van der Waals surface area contributed by atoms with E-state index in [1.165, 1.54) is 6.42 Å². The van der Waals surface area contributed by atoms with Crippen LogP contribution in [0.5, 0.6) is 0 Å². The molecule has 0 amide bonds.